The number of carbonyl (C=O) groups is 3. The second-order valence-electron chi connectivity index (χ2n) is 12.7. The van der Waals surface area contributed by atoms with Gasteiger partial charge in [-0.2, -0.15) is 5.26 Å². The van der Waals surface area contributed by atoms with Crippen molar-refractivity contribution in [3.63, 3.8) is 0 Å². The monoisotopic (exact) mass is 590 g/mol. The first-order valence-corrected chi connectivity index (χ1v) is 14.9. The number of nitrogens with one attached hydrogen (secondary N) is 3. The van der Waals surface area contributed by atoms with E-state index in [9.17, 15) is 28.4 Å². The Hall–Kier alpha value is -2.93. The molecule has 41 heavy (non-hydrogen) atoms. The predicted molar refractivity (Wildman–Crippen MR) is 147 cm³/mol. The molecule has 0 radical (unpaired) electrons. The van der Waals surface area contributed by atoms with E-state index in [0.29, 0.717) is 17.9 Å². The van der Waals surface area contributed by atoms with E-state index < -0.39 is 30.0 Å². The normalized spacial score (nSPS) is 24.9. The number of carbonyl (C=O) groups excluding carboxylic acids is 3. The number of benzene rings is 1. The standard InChI is InChI=1S/C30H37ClF2N4O4/c31-22-3-1-2-20(12-22)15-28(8-9-28)18-41-27(40)36-24(13-19-4-6-30(32,33)7-5-19)26(39)35-23(17-34)14-21-16-29(10-11-29)37-25(21)38/h1-3,12,19,21,23-24H,4-11,13-16,18H2,(H,35,39)(H,36,40)(H,37,38)/t21?,23-,24-/m0/s1. The van der Waals surface area contributed by atoms with Gasteiger partial charge in [-0.3, -0.25) is 9.59 Å². The molecule has 1 heterocycles. The number of ether oxygens (including phenoxy) is 1. The van der Waals surface area contributed by atoms with Gasteiger partial charge in [-0.15, -0.1) is 0 Å². The molecule has 3 N–H and O–H groups in total. The van der Waals surface area contributed by atoms with Crippen LogP contribution in [0.4, 0.5) is 13.6 Å². The summed E-state index contributed by atoms with van der Waals surface area (Å²) >= 11 is 6.11. The Morgan fingerprint density at radius 1 is 1.12 bits per heavy atom. The molecule has 5 rings (SSSR count). The molecule has 1 saturated heterocycles. The van der Waals surface area contributed by atoms with Crippen LogP contribution >= 0.6 is 11.6 Å². The van der Waals surface area contributed by atoms with Gasteiger partial charge in [0.25, 0.3) is 0 Å². The molecule has 1 aromatic rings. The SMILES string of the molecule is N#C[C@H](CC1CC2(CC2)NC1=O)NC(=O)[C@H](CC1CCC(F)(F)CC1)NC(=O)OCC1(Cc2cccc(Cl)c2)CC1. The zero-order valence-corrected chi connectivity index (χ0v) is 23.8. The van der Waals surface area contributed by atoms with Gasteiger partial charge in [0.05, 0.1) is 12.7 Å². The number of hydrogen-bond donors (Lipinski definition) is 3. The third-order valence-electron chi connectivity index (χ3n) is 9.19. The number of nitrogens with zero attached hydrogens (tertiary/aromatic N) is 1. The Morgan fingerprint density at radius 2 is 1.85 bits per heavy atom. The van der Waals surface area contributed by atoms with Gasteiger partial charge < -0.3 is 20.7 Å². The van der Waals surface area contributed by atoms with E-state index in [2.05, 4.69) is 22.0 Å². The Bertz CT molecular complexity index is 1200. The van der Waals surface area contributed by atoms with Gasteiger partial charge in [0, 0.05) is 34.7 Å². The van der Waals surface area contributed by atoms with Crippen molar-refractivity contribution in [3.05, 3.63) is 34.9 Å². The second kappa shape index (κ2) is 11.7. The highest BCUT2D eigenvalue weighted by Gasteiger charge is 2.52. The third-order valence-corrected chi connectivity index (χ3v) is 9.43. The quantitative estimate of drug-likeness (QED) is 0.333. The van der Waals surface area contributed by atoms with Gasteiger partial charge in [0.2, 0.25) is 17.7 Å². The molecule has 8 nitrogen and oxygen atoms in total. The molecule has 3 atom stereocenters. The number of amides is 3. The van der Waals surface area contributed by atoms with Crippen LogP contribution in [0, 0.1) is 28.6 Å². The van der Waals surface area contributed by atoms with Crippen LogP contribution in [0.2, 0.25) is 5.02 Å². The van der Waals surface area contributed by atoms with Gasteiger partial charge in [-0.1, -0.05) is 23.7 Å². The molecule has 1 unspecified atom stereocenters. The van der Waals surface area contributed by atoms with Crippen LogP contribution in [-0.4, -0.2) is 48.1 Å². The summed E-state index contributed by atoms with van der Waals surface area (Å²) in [7, 11) is 0. The molecule has 1 aromatic carbocycles. The zero-order chi connectivity index (χ0) is 29.3. The van der Waals surface area contributed by atoms with Crippen molar-refractivity contribution in [2.24, 2.45) is 17.3 Å². The van der Waals surface area contributed by atoms with E-state index in [1.807, 2.05) is 18.2 Å². The van der Waals surface area contributed by atoms with Crippen molar-refractivity contribution < 1.29 is 27.9 Å². The number of alkyl carbamates (subject to hydrolysis) is 1. The van der Waals surface area contributed by atoms with Gasteiger partial charge in [-0.25, -0.2) is 13.6 Å². The lowest BCUT2D eigenvalue weighted by atomic mass is 9.82. The fourth-order valence-corrected chi connectivity index (χ4v) is 6.49. The maximum atomic E-state index is 13.7. The Labute approximate surface area is 243 Å². The molecule has 0 aromatic heterocycles. The van der Waals surface area contributed by atoms with E-state index in [-0.39, 0.29) is 73.8 Å². The maximum Gasteiger partial charge on any atom is 0.407 e. The van der Waals surface area contributed by atoms with Crippen LogP contribution in [0.3, 0.4) is 0 Å². The molecule has 4 aliphatic rings. The van der Waals surface area contributed by atoms with Crippen LogP contribution in [-0.2, 0) is 20.7 Å². The van der Waals surface area contributed by atoms with Crippen molar-refractivity contribution in [1.82, 2.24) is 16.0 Å². The summed E-state index contributed by atoms with van der Waals surface area (Å²) < 4.78 is 33.0. The first-order valence-electron chi connectivity index (χ1n) is 14.6. The molecule has 222 valence electrons. The molecular formula is C30H37ClF2N4O4. The minimum absolute atomic E-state index is 0.106. The molecular weight excluding hydrogens is 554 g/mol. The van der Waals surface area contributed by atoms with Crippen LogP contribution in [0.25, 0.3) is 0 Å². The van der Waals surface area contributed by atoms with E-state index in [0.717, 1.165) is 31.2 Å². The number of nitriles is 1. The van der Waals surface area contributed by atoms with E-state index in [1.165, 1.54) is 0 Å². The Morgan fingerprint density at radius 3 is 2.46 bits per heavy atom. The summed E-state index contributed by atoms with van der Waals surface area (Å²) in [6.07, 6.45) is 4.52. The lowest BCUT2D eigenvalue weighted by molar-refractivity contribution is -0.125. The number of hydrogen-bond acceptors (Lipinski definition) is 5. The van der Waals surface area contributed by atoms with Crippen LogP contribution in [0.15, 0.2) is 24.3 Å². The largest absolute Gasteiger partial charge is 0.449 e. The van der Waals surface area contributed by atoms with Crippen molar-refractivity contribution in [1.29, 1.82) is 5.26 Å². The van der Waals surface area contributed by atoms with Crippen molar-refractivity contribution in [3.8, 4) is 6.07 Å². The van der Waals surface area contributed by atoms with Gasteiger partial charge in [0.15, 0.2) is 0 Å². The summed E-state index contributed by atoms with van der Waals surface area (Å²) in [5.41, 5.74) is 0.729. The lowest BCUT2D eigenvalue weighted by Gasteiger charge is -2.31. The minimum Gasteiger partial charge on any atom is -0.449 e. The summed E-state index contributed by atoms with van der Waals surface area (Å²) in [4.78, 5) is 38.6. The fourth-order valence-electron chi connectivity index (χ4n) is 6.28. The second-order valence-corrected chi connectivity index (χ2v) is 13.1. The molecule has 4 fully saturated rings. The van der Waals surface area contributed by atoms with Crippen LogP contribution in [0.1, 0.15) is 76.2 Å². The van der Waals surface area contributed by atoms with Crippen LogP contribution in [0.5, 0.6) is 0 Å². The summed E-state index contributed by atoms with van der Waals surface area (Å²) in [5, 5.41) is 18.7. The maximum absolute atomic E-state index is 13.7. The number of halogens is 3. The lowest BCUT2D eigenvalue weighted by Crippen LogP contribution is -2.51. The molecule has 3 aliphatic carbocycles. The summed E-state index contributed by atoms with van der Waals surface area (Å²) in [5.74, 6) is -3.95. The summed E-state index contributed by atoms with van der Waals surface area (Å²) in [6, 6.07) is 7.64. The average molecular weight is 591 g/mol. The first-order chi connectivity index (χ1) is 19.5. The third kappa shape index (κ3) is 7.88. The Kier molecular flexibility index (Phi) is 8.47. The average Bonchev–Trinajstić information content (AvgIpc) is 3.83. The smallest absolute Gasteiger partial charge is 0.407 e. The topological polar surface area (TPSA) is 120 Å². The van der Waals surface area contributed by atoms with E-state index >= 15 is 0 Å². The van der Waals surface area contributed by atoms with Crippen molar-refractivity contribution in [2.45, 2.75) is 101 Å². The van der Waals surface area contributed by atoms with Gasteiger partial charge >= 0.3 is 6.09 Å². The number of rotatable bonds is 11. The van der Waals surface area contributed by atoms with Gasteiger partial charge in [-0.05, 0) is 87.8 Å². The molecule has 11 heteroatoms. The highest BCUT2D eigenvalue weighted by atomic mass is 35.5. The molecule has 0 bridgehead atoms. The van der Waals surface area contributed by atoms with Crippen LogP contribution < -0.4 is 16.0 Å². The predicted octanol–water partition coefficient (Wildman–Crippen LogP) is 5.04. The van der Waals surface area contributed by atoms with E-state index in [4.69, 9.17) is 16.3 Å². The molecule has 3 saturated carbocycles. The first kappa shape index (κ1) is 29.6. The fraction of sp³-hybridized carbons (Fsp3) is 0.667. The Balaban J connectivity index is 1.18. The molecule has 1 aliphatic heterocycles. The van der Waals surface area contributed by atoms with Crippen molar-refractivity contribution in [2.75, 3.05) is 6.61 Å². The minimum atomic E-state index is -2.71. The highest BCUT2D eigenvalue weighted by molar-refractivity contribution is 6.30. The highest BCUT2D eigenvalue weighted by Crippen LogP contribution is 2.49. The zero-order valence-electron chi connectivity index (χ0n) is 23.0. The van der Waals surface area contributed by atoms with Crippen molar-refractivity contribution >= 4 is 29.5 Å². The molecule has 3 amide bonds. The van der Waals surface area contributed by atoms with Gasteiger partial charge in [0.1, 0.15) is 12.1 Å². The number of alkyl halides is 2. The molecule has 1 spiro atoms. The summed E-state index contributed by atoms with van der Waals surface area (Å²) in [6.45, 7) is 0.175. The van der Waals surface area contributed by atoms with E-state index in [1.54, 1.807) is 6.07 Å².